The van der Waals surface area contributed by atoms with E-state index in [9.17, 15) is 4.79 Å². The summed E-state index contributed by atoms with van der Waals surface area (Å²) in [6.07, 6.45) is 10.0. The molecule has 7 nitrogen and oxygen atoms in total. The Morgan fingerprint density at radius 2 is 2.11 bits per heavy atom. The highest BCUT2D eigenvalue weighted by Gasteiger charge is 2.61. The zero-order valence-corrected chi connectivity index (χ0v) is 18.0. The Hall–Kier alpha value is -1.70. The minimum absolute atomic E-state index is 0.0422. The quantitative estimate of drug-likeness (QED) is 0.762. The molecule has 1 N–H and O–H groups in total. The molecule has 1 amide bonds. The Balaban J connectivity index is 1.42. The van der Waals surface area contributed by atoms with E-state index < -0.39 is 0 Å². The number of carbonyl (C=O) groups excluding carboxylic acids is 1. The fourth-order valence-electron chi connectivity index (χ4n) is 6.62. The van der Waals surface area contributed by atoms with E-state index in [2.05, 4.69) is 50.3 Å². The van der Waals surface area contributed by atoms with Crippen LogP contribution in [0.4, 0.5) is 0 Å². The molecule has 8 heteroatoms. The second-order valence-electron chi connectivity index (χ2n) is 9.19. The summed E-state index contributed by atoms with van der Waals surface area (Å²) in [5.74, 6) is 1.42. The second-order valence-corrected chi connectivity index (χ2v) is 9.90. The molecule has 150 valence electrons. The number of amides is 1. The molecule has 4 fully saturated rings. The van der Waals surface area contributed by atoms with Gasteiger partial charge in [-0.1, -0.05) is 0 Å². The summed E-state index contributed by atoms with van der Waals surface area (Å²) in [6, 6.07) is 1.96. The van der Waals surface area contributed by atoms with E-state index in [1.807, 2.05) is 28.0 Å². The van der Waals surface area contributed by atoms with E-state index in [-0.39, 0.29) is 22.9 Å². The number of aromatic nitrogens is 5. The number of nitrogens with one attached hydrogen (secondary N) is 1. The molecule has 0 spiro atoms. The first-order valence-electron chi connectivity index (χ1n) is 10.3. The molecule has 4 aliphatic rings. The fourth-order valence-corrected chi connectivity index (χ4v) is 6.88. The van der Waals surface area contributed by atoms with Gasteiger partial charge in [-0.3, -0.25) is 9.48 Å². The molecule has 4 aliphatic carbocycles. The van der Waals surface area contributed by atoms with E-state index in [1.165, 1.54) is 6.42 Å². The van der Waals surface area contributed by atoms with Gasteiger partial charge in [-0.05, 0) is 86.2 Å². The van der Waals surface area contributed by atoms with E-state index in [0.29, 0.717) is 16.6 Å². The van der Waals surface area contributed by atoms with Crippen LogP contribution < -0.4 is 5.32 Å². The highest BCUT2D eigenvalue weighted by molar-refractivity contribution is 9.10. The first-order valence-corrected chi connectivity index (χ1v) is 11.1. The summed E-state index contributed by atoms with van der Waals surface area (Å²) >= 11 is 3.39. The highest BCUT2D eigenvalue weighted by atomic mass is 79.9. The lowest BCUT2D eigenvalue weighted by atomic mass is 9.46. The summed E-state index contributed by atoms with van der Waals surface area (Å²) in [4.78, 5) is 17.9. The molecule has 0 aliphatic heterocycles. The summed E-state index contributed by atoms with van der Waals surface area (Å²) in [5, 5.41) is 12.3. The molecule has 3 atom stereocenters. The van der Waals surface area contributed by atoms with Crippen molar-refractivity contribution in [3.63, 3.8) is 0 Å². The monoisotopic (exact) mass is 446 g/mol. The van der Waals surface area contributed by atoms with Crippen LogP contribution in [0, 0.1) is 17.3 Å². The predicted molar refractivity (Wildman–Crippen MR) is 107 cm³/mol. The Kier molecular flexibility index (Phi) is 4.19. The molecule has 6 rings (SSSR count). The maximum atomic E-state index is 13.6. The third-order valence-corrected chi connectivity index (χ3v) is 7.67. The van der Waals surface area contributed by atoms with Gasteiger partial charge in [-0.25, -0.2) is 9.67 Å². The fraction of sp³-hybridized carbons (Fsp3) is 0.700. The SMILES string of the molecule is CCn1nccc1C(C)NC(=O)C12CC3CC(C1)CC(n1cnc(Br)n1)(C3)C2. The van der Waals surface area contributed by atoms with Gasteiger partial charge in [-0.15, -0.1) is 5.10 Å². The van der Waals surface area contributed by atoms with Crippen LogP contribution in [0.15, 0.2) is 23.3 Å². The number of carbonyl (C=O) groups is 1. The van der Waals surface area contributed by atoms with Crippen LogP contribution in [0.25, 0.3) is 0 Å². The smallest absolute Gasteiger partial charge is 0.226 e. The Labute approximate surface area is 173 Å². The summed E-state index contributed by atoms with van der Waals surface area (Å²) in [5.41, 5.74) is 0.721. The lowest BCUT2D eigenvalue weighted by molar-refractivity contribution is -0.156. The van der Waals surface area contributed by atoms with Crippen molar-refractivity contribution >= 4 is 21.8 Å². The average molecular weight is 447 g/mol. The molecule has 2 aromatic heterocycles. The number of nitrogens with zero attached hydrogens (tertiary/aromatic N) is 5. The molecular formula is C20H27BrN6O. The largest absolute Gasteiger partial charge is 0.348 e. The van der Waals surface area contributed by atoms with E-state index in [4.69, 9.17) is 0 Å². The average Bonchev–Trinajstić information content (AvgIpc) is 3.29. The topological polar surface area (TPSA) is 77.6 Å². The van der Waals surface area contributed by atoms with Gasteiger partial charge in [0.25, 0.3) is 0 Å². The number of hydrogen-bond donors (Lipinski definition) is 1. The molecule has 0 aromatic carbocycles. The normalized spacial score (nSPS) is 34.5. The first-order chi connectivity index (χ1) is 13.4. The zero-order valence-electron chi connectivity index (χ0n) is 16.4. The number of aryl methyl sites for hydroxylation is 1. The van der Waals surface area contributed by atoms with Crippen molar-refractivity contribution < 1.29 is 4.79 Å². The predicted octanol–water partition coefficient (Wildman–Crippen LogP) is 3.43. The highest BCUT2D eigenvalue weighted by Crippen LogP contribution is 2.64. The van der Waals surface area contributed by atoms with Crippen LogP contribution in [0.3, 0.4) is 0 Å². The summed E-state index contributed by atoms with van der Waals surface area (Å²) in [7, 11) is 0. The third kappa shape index (κ3) is 2.75. The summed E-state index contributed by atoms with van der Waals surface area (Å²) < 4.78 is 4.63. The van der Waals surface area contributed by atoms with E-state index in [0.717, 1.165) is 44.3 Å². The van der Waals surface area contributed by atoms with Gasteiger partial charge < -0.3 is 5.32 Å². The van der Waals surface area contributed by atoms with Crippen LogP contribution in [0.5, 0.6) is 0 Å². The van der Waals surface area contributed by atoms with Crippen molar-refractivity contribution in [3.8, 4) is 0 Å². The molecule has 0 radical (unpaired) electrons. The third-order valence-electron chi connectivity index (χ3n) is 7.30. The minimum atomic E-state index is -0.284. The molecule has 2 aromatic rings. The van der Waals surface area contributed by atoms with Gasteiger partial charge in [0.2, 0.25) is 10.6 Å². The van der Waals surface area contributed by atoms with Crippen molar-refractivity contribution in [2.24, 2.45) is 17.3 Å². The van der Waals surface area contributed by atoms with Crippen molar-refractivity contribution in [2.75, 3.05) is 0 Å². The van der Waals surface area contributed by atoms with Gasteiger partial charge in [0.05, 0.1) is 22.7 Å². The Morgan fingerprint density at radius 1 is 1.36 bits per heavy atom. The molecule has 3 unspecified atom stereocenters. The minimum Gasteiger partial charge on any atom is -0.348 e. The van der Waals surface area contributed by atoms with Crippen LogP contribution in [0.1, 0.15) is 64.1 Å². The van der Waals surface area contributed by atoms with Crippen LogP contribution in [-0.2, 0) is 16.9 Å². The first kappa shape index (κ1) is 18.3. The van der Waals surface area contributed by atoms with Crippen molar-refractivity contribution in [2.45, 2.75) is 70.5 Å². The molecule has 0 saturated heterocycles. The van der Waals surface area contributed by atoms with Gasteiger partial charge in [0, 0.05) is 12.7 Å². The Morgan fingerprint density at radius 3 is 2.75 bits per heavy atom. The lowest BCUT2D eigenvalue weighted by Gasteiger charge is -2.61. The molecular weight excluding hydrogens is 420 g/mol. The maximum Gasteiger partial charge on any atom is 0.226 e. The van der Waals surface area contributed by atoms with Gasteiger partial charge in [-0.2, -0.15) is 5.10 Å². The maximum absolute atomic E-state index is 13.6. The van der Waals surface area contributed by atoms with Gasteiger partial charge in [0.15, 0.2) is 0 Å². The van der Waals surface area contributed by atoms with Crippen molar-refractivity contribution in [3.05, 3.63) is 29.0 Å². The van der Waals surface area contributed by atoms with E-state index in [1.54, 1.807) is 0 Å². The summed E-state index contributed by atoms with van der Waals surface area (Å²) in [6.45, 7) is 4.94. The van der Waals surface area contributed by atoms with Crippen LogP contribution in [0.2, 0.25) is 0 Å². The van der Waals surface area contributed by atoms with Crippen molar-refractivity contribution in [1.29, 1.82) is 0 Å². The standard InChI is InChI=1S/C20H27BrN6O/c1-3-26-16(4-5-23-26)13(2)24-17(28)19-7-14-6-15(8-19)10-20(9-14,11-19)27-12-22-18(21)25-27/h4-5,12-15H,3,6-11H2,1-2H3,(H,24,28). The molecule has 28 heavy (non-hydrogen) atoms. The Bertz CT molecular complexity index is 890. The zero-order chi connectivity index (χ0) is 19.5. The van der Waals surface area contributed by atoms with Gasteiger partial charge >= 0.3 is 0 Å². The van der Waals surface area contributed by atoms with E-state index >= 15 is 0 Å². The number of rotatable bonds is 5. The number of hydrogen-bond acceptors (Lipinski definition) is 4. The van der Waals surface area contributed by atoms with Gasteiger partial charge in [0.1, 0.15) is 6.33 Å². The second kappa shape index (κ2) is 6.40. The molecule has 4 bridgehead atoms. The lowest BCUT2D eigenvalue weighted by Crippen LogP contribution is -2.61. The van der Waals surface area contributed by atoms with Crippen LogP contribution in [-0.4, -0.2) is 30.5 Å². The van der Waals surface area contributed by atoms with Crippen LogP contribution >= 0.6 is 15.9 Å². The molecule has 2 heterocycles. The molecule has 4 saturated carbocycles. The number of halogens is 1. The van der Waals surface area contributed by atoms with Crippen molar-refractivity contribution in [1.82, 2.24) is 29.9 Å².